The van der Waals surface area contributed by atoms with Gasteiger partial charge in [-0.1, -0.05) is 0 Å². The van der Waals surface area contributed by atoms with Gasteiger partial charge in [-0.3, -0.25) is 4.90 Å². The summed E-state index contributed by atoms with van der Waals surface area (Å²) in [7, 11) is 1.85. The number of likely N-dealkylation sites (tertiary alicyclic amines) is 1. The number of hydrogen-bond acceptors (Lipinski definition) is 2. The van der Waals surface area contributed by atoms with Crippen LogP contribution < -0.4 is 0 Å². The molecule has 0 aromatic rings. The van der Waals surface area contributed by atoms with Crippen molar-refractivity contribution in [3.05, 3.63) is 0 Å². The molecule has 2 nitrogen and oxygen atoms in total. The smallest absolute Gasteiger partial charge is 0.0577 e. The van der Waals surface area contributed by atoms with Gasteiger partial charge in [-0.15, -0.1) is 0 Å². The Labute approximate surface area is 87.6 Å². The average Bonchev–Trinajstić information content (AvgIpc) is 2.43. The molecule has 1 saturated heterocycles. The van der Waals surface area contributed by atoms with Crippen molar-refractivity contribution in [2.45, 2.75) is 51.7 Å². The summed E-state index contributed by atoms with van der Waals surface area (Å²) in [6.07, 6.45) is 4.47. The van der Waals surface area contributed by atoms with E-state index in [9.17, 15) is 0 Å². The lowest BCUT2D eigenvalue weighted by molar-refractivity contribution is -0.0623. The Morgan fingerprint density at radius 1 is 1.29 bits per heavy atom. The first-order valence-electron chi connectivity index (χ1n) is 5.73. The van der Waals surface area contributed by atoms with Gasteiger partial charge in [0, 0.05) is 25.7 Å². The van der Waals surface area contributed by atoms with Crippen LogP contribution in [0.3, 0.4) is 0 Å². The fourth-order valence-corrected chi connectivity index (χ4v) is 2.88. The number of ether oxygens (including phenoxy) is 1. The highest BCUT2D eigenvalue weighted by molar-refractivity contribution is 5.03. The molecule has 2 rings (SSSR count). The van der Waals surface area contributed by atoms with Crippen LogP contribution in [0.2, 0.25) is 0 Å². The highest BCUT2D eigenvalue weighted by Gasteiger charge is 2.50. The molecule has 0 bridgehead atoms. The third kappa shape index (κ3) is 1.70. The molecular formula is C12H23NO. The molecule has 1 unspecified atom stereocenters. The maximum Gasteiger partial charge on any atom is 0.0577 e. The van der Waals surface area contributed by atoms with Crippen LogP contribution in [-0.4, -0.2) is 36.7 Å². The molecule has 2 heteroatoms. The van der Waals surface area contributed by atoms with E-state index in [0.29, 0.717) is 17.1 Å². The molecule has 2 fully saturated rings. The van der Waals surface area contributed by atoms with Gasteiger partial charge in [-0.25, -0.2) is 0 Å². The second-order valence-corrected chi connectivity index (χ2v) is 6.13. The van der Waals surface area contributed by atoms with Crippen molar-refractivity contribution in [3.8, 4) is 0 Å². The number of hydrogen-bond donors (Lipinski definition) is 0. The fourth-order valence-electron chi connectivity index (χ4n) is 2.88. The van der Waals surface area contributed by atoms with Crippen LogP contribution in [0.15, 0.2) is 0 Å². The molecule has 0 aromatic heterocycles. The van der Waals surface area contributed by atoms with Crippen molar-refractivity contribution in [1.29, 1.82) is 0 Å². The monoisotopic (exact) mass is 197 g/mol. The first-order chi connectivity index (χ1) is 6.45. The van der Waals surface area contributed by atoms with Crippen LogP contribution >= 0.6 is 0 Å². The molecule has 1 aliphatic heterocycles. The lowest BCUT2D eigenvalue weighted by Crippen LogP contribution is -2.61. The average molecular weight is 197 g/mol. The van der Waals surface area contributed by atoms with Gasteiger partial charge in [0.2, 0.25) is 0 Å². The molecule has 0 N–H and O–H groups in total. The van der Waals surface area contributed by atoms with Gasteiger partial charge in [0.05, 0.1) is 6.10 Å². The van der Waals surface area contributed by atoms with Crippen molar-refractivity contribution in [2.75, 3.05) is 20.2 Å². The van der Waals surface area contributed by atoms with Crippen molar-refractivity contribution in [1.82, 2.24) is 4.90 Å². The Balaban J connectivity index is 1.88. The van der Waals surface area contributed by atoms with E-state index in [1.54, 1.807) is 0 Å². The predicted octanol–water partition coefficient (Wildman–Crippen LogP) is 2.29. The first kappa shape index (κ1) is 10.4. The van der Waals surface area contributed by atoms with E-state index in [1.807, 2.05) is 7.11 Å². The van der Waals surface area contributed by atoms with Crippen LogP contribution in [0.5, 0.6) is 0 Å². The Bertz CT molecular complexity index is 213. The number of methoxy groups -OCH3 is 1. The zero-order chi connectivity index (χ0) is 10.4. The lowest BCUT2D eigenvalue weighted by Gasteiger charge is -2.54. The minimum absolute atomic E-state index is 0.358. The fraction of sp³-hybridized carbons (Fsp3) is 1.00. The normalized spacial score (nSPS) is 32.1. The summed E-state index contributed by atoms with van der Waals surface area (Å²) in [5.41, 5.74) is 0.977. The summed E-state index contributed by atoms with van der Waals surface area (Å²) in [6.45, 7) is 9.50. The van der Waals surface area contributed by atoms with Crippen molar-refractivity contribution >= 4 is 0 Å². The van der Waals surface area contributed by atoms with Crippen LogP contribution in [0, 0.1) is 5.41 Å². The second-order valence-electron chi connectivity index (χ2n) is 6.13. The molecule has 0 aromatic carbocycles. The predicted molar refractivity (Wildman–Crippen MR) is 58.4 cm³/mol. The van der Waals surface area contributed by atoms with Crippen LogP contribution in [0.4, 0.5) is 0 Å². The van der Waals surface area contributed by atoms with E-state index in [-0.39, 0.29) is 0 Å². The summed E-state index contributed by atoms with van der Waals surface area (Å²) >= 11 is 0. The van der Waals surface area contributed by atoms with E-state index in [0.717, 1.165) is 0 Å². The molecule has 14 heavy (non-hydrogen) atoms. The lowest BCUT2D eigenvalue weighted by atomic mass is 9.75. The van der Waals surface area contributed by atoms with Crippen LogP contribution in [0.1, 0.15) is 40.0 Å². The molecule has 0 amide bonds. The van der Waals surface area contributed by atoms with E-state index >= 15 is 0 Å². The van der Waals surface area contributed by atoms with Crippen molar-refractivity contribution in [3.63, 3.8) is 0 Å². The first-order valence-corrected chi connectivity index (χ1v) is 5.73. The highest BCUT2D eigenvalue weighted by atomic mass is 16.5. The largest absolute Gasteiger partial charge is 0.381 e. The molecule has 1 heterocycles. The van der Waals surface area contributed by atoms with Crippen molar-refractivity contribution in [2.24, 2.45) is 5.41 Å². The molecule has 2 aliphatic rings. The molecular weight excluding hydrogens is 174 g/mol. The Kier molecular flexibility index (Phi) is 2.39. The topological polar surface area (TPSA) is 12.5 Å². The third-order valence-electron chi connectivity index (χ3n) is 3.99. The van der Waals surface area contributed by atoms with Crippen molar-refractivity contribution < 1.29 is 4.74 Å². The van der Waals surface area contributed by atoms with Crippen LogP contribution in [-0.2, 0) is 4.74 Å². The zero-order valence-electron chi connectivity index (χ0n) is 9.97. The van der Waals surface area contributed by atoms with E-state index in [1.165, 1.54) is 32.4 Å². The number of nitrogens with zero attached hydrogens (tertiary/aromatic N) is 1. The highest BCUT2D eigenvalue weighted by Crippen LogP contribution is 2.48. The molecule has 1 saturated carbocycles. The maximum absolute atomic E-state index is 5.44. The summed E-state index contributed by atoms with van der Waals surface area (Å²) in [5, 5.41) is 0. The van der Waals surface area contributed by atoms with Gasteiger partial charge < -0.3 is 4.74 Å². The molecule has 1 atom stereocenters. The molecule has 0 radical (unpaired) electrons. The quantitative estimate of drug-likeness (QED) is 0.639. The summed E-state index contributed by atoms with van der Waals surface area (Å²) in [6, 6.07) is 0. The van der Waals surface area contributed by atoms with Gasteiger partial charge in [0.15, 0.2) is 0 Å². The molecule has 1 aliphatic carbocycles. The van der Waals surface area contributed by atoms with Gasteiger partial charge >= 0.3 is 0 Å². The third-order valence-corrected chi connectivity index (χ3v) is 3.99. The van der Waals surface area contributed by atoms with E-state index in [2.05, 4.69) is 25.7 Å². The standard InChI is InChI=1S/C12H23NO/c1-11(2,3)13-8-12(9-13)6-5-10(7-12)14-4/h10H,5-9H2,1-4H3. The summed E-state index contributed by atoms with van der Waals surface area (Å²) in [5.74, 6) is 0. The molecule has 1 spiro atoms. The minimum atomic E-state index is 0.358. The van der Waals surface area contributed by atoms with Gasteiger partial charge in [-0.05, 0) is 45.4 Å². The van der Waals surface area contributed by atoms with Crippen LogP contribution in [0.25, 0.3) is 0 Å². The maximum atomic E-state index is 5.44. The van der Waals surface area contributed by atoms with E-state index in [4.69, 9.17) is 4.74 Å². The number of rotatable bonds is 1. The molecule has 82 valence electrons. The Hall–Kier alpha value is -0.0800. The summed E-state index contributed by atoms with van der Waals surface area (Å²) in [4.78, 5) is 2.59. The SMILES string of the molecule is COC1CCC2(C1)CN(C(C)(C)C)C2. The second kappa shape index (κ2) is 3.21. The Morgan fingerprint density at radius 3 is 2.36 bits per heavy atom. The van der Waals surface area contributed by atoms with Gasteiger partial charge in [-0.2, -0.15) is 0 Å². The van der Waals surface area contributed by atoms with E-state index < -0.39 is 0 Å². The Morgan fingerprint density at radius 2 is 1.93 bits per heavy atom. The summed E-state index contributed by atoms with van der Waals surface area (Å²) < 4.78 is 5.44. The van der Waals surface area contributed by atoms with Gasteiger partial charge in [0.25, 0.3) is 0 Å². The minimum Gasteiger partial charge on any atom is -0.381 e. The van der Waals surface area contributed by atoms with Gasteiger partial charge in [0.1, 0.15) is 0 Å². The zero-order valence-corrected chi connectivity index (χ0v) is 9.97.